The molecule has 0 aromatic carbocycles. The van der Waals surface area contributed by atoms with Gasteiger partial charge in [-0.3, -0.25) is 14.6 Å². The normalized spacial score (nSPS) is 20.2. The van der Waals surface area contributed by atoms with Gasteiger partial charge < -0.3 is 15.4 Å². The molecule has 7 nitrogen and oxygen atoms in total. The number of aliphatic hydroxyl groups is 1. The number of carbonyl (C=O) groups is 1. The largest absolute Gasteiger partial charge is 0.393 e. The minimum absolute atomic E-state index is 0.0901. The molecule has 0 aliphatic heterocycles. The third kappa shape index (κ3) is 3.44. The Bertz CT molecular complexity index is 879. The average Bonchev–Trinajstić information content (AvgIpc) is 2.58. The highest BCUT2D eigenvalue weighted by molar-refractivity contribution is 5.95. The number of aliphatic hydroxyl groups excluding tert-OH is 1. The Morgan fingerprint density at radius 2 is 2.24 bits per heavy atom. The molecule has 25 heavy (non-hydrogen) atoms. The predicted molar refractivity (Wildman–Crippen MR) is 89.7 cm³/mol. The van der Waals surface area contributed by atoms with Crippen molar-refractivity contribution in [2.24, 2.45) is 5.92 Å². The van der Waals surface area contributed by atoms with E-state index in [1.165, 1.54) is 6.07 Å². The average molecular weight is 338 g/mol. The van der Waals surface area contributed by atoms with E-state index in [2.05, 4.69) is 15.3 Å². The fourth-order valence-corrected chi connectivity index (χ4v) is 3.06. The Kier molecular flexibility index (Phi) is 4.63. The summed E-state index contributed by atoms with van der Waals surface area (Å²) in [5.41, 5.74) is 0.742. The van der Waals surface area contributed by atoms with Crippen molar-refractivity contribution in [1.82, 2.24) is 15.3 Å². The van der Waals surface area contributed by atoms with Gasteiger partial charge in [-0.25, -0.2) is 0 Å². The van der Waals surface area contributed by atoms with Gasteiger partial charge in [0.15, 0.2) is 0 Å². The van der Waals surface area contributed by atoms with Gasteiger partial charge in [0.25, 0.3) is 11.5 Å². The SMILES string of the molecule is Cc1[nH]c(=O)c(C#N)cc1C(=O)N[C@H](c1ccccn1)C1CC(O)C1. The number of aryl methyl sites for hydroxylation is 1. The molecule has 0 unspecified atom stereocenters. The number of aromatic amines is 1. The number of nitriles is 1. The van der Waals surface area contributed by atoms with Crippen LogP contribution in [0.2, 0.25) is 0 Å². The van der Waals surface area contributed by atoms with E-state index in [0.29, 0.717) is 18.5 Å². The lowest BCUT2D eigenvalue weighted by atomic mass is 9.76. The molecule has 0 radical (unpaired) electrons. The molecule has 1 fully saturated rings. The monoisotopic (exact) mass is 338 g/mol. The summed E-state index contributed by atoms with van der Waals surface area (Å²) in [4.78, 5) is 31.2. The smallest absolute Gasteiger partial charge is 0.266 e. The molecule has 2 heterocycles. The summed E-state index contributed by atoms with van der Waals surface area (Å²) >= 11 is 0. The van der Waals surface area contributed by atoms with Crippen molar-refractivity contribution in [3.05, 3.63) is 63.3 Å². The van der Waals surface area contributed by atoms with Crippen molar-refractivity contribution >= 4 is 5.91 Å². The molecule has 1 aliphatic rings. The van der Waals surface area contributed by atoms with Gasteiger partial charge in [0, 0.05) is 11.9 Å². The number of hydrogen-bond acceptors (Lipinski definition) is 5. The summed E-state index contributed by atoms with van der Waals surface area (Å²) in [6.07, 6.45) is 2.49. The quantitative estimate of drug-likeness (QED) is 0.774. The van der Waals surface area contributed by atoms with Crippen molar-refractivity contribution in [3.63, 3.8) is 0 Å². The van der Waals surface area contributed by atoms with Crippen LogP contribution in [0.5, 0.6) is 0 Å². The summed E-state index contributed by atoms with van der Waals surface area (Å²) in [6.45, 7) is 1.61. The molecule has 1 saturated carbocycles. The minimum Gasteiger partial charge on any atom is -0.393 e. The second-order valence-corrected chi connectivity index (χ2v) is 6.25. The van der Waals surface area contributed by atoms with Crippen LogP contribution in [0.4, 0.5) is 0 Å². The van der Waals surface area contributed by atoms with Crippen LogP contribution in [-0.2, 0) is 0 Å². The van der Waals surface area contributed by atoms with Gasteiger partial charge in [-0.2, -0.15) is 5.26 Å². The lowest BCUT2D eigenvalue weighted by Crippen LogP contribution is -2.42. The number of H-pyrrole nitrogens is 1. The van der Waals surface area contributed by atoms with E-state index in [-0.39, 0.29) is 35.1 Å². The van der Waals surface area contributed by atoms with Gasteiger partial charge in [0.2, 0.25) is 0 Å². The molecular weight excluding hydrogens is 320 g/mol. The Morgan fingerprint density at radius 1 is 1.48 bits per heavy atom. The highest BCUT2D eigenvalue weighted by Gasteiger charge is 2.36. The van der Waals surface area contributed by atoms with Crippen LogP contribution in [0.15, 0.2) is 35.3 Å². The van der Waals surface area contributed by atoms with Crippen molar-refractivity contribution in [2.75, 3.05) is 0 Å². The van der Waals surface area contributed by atoms with Crippen LogP contribution in [0.1, 0.15) is 46.2 Å². The number of carbonyl (C=O) groups excluding carboxylic acids is 1. The lowest BCUT2D eigenvalue weighted by molar-refractivity contribution is 0.0228. The van der Waals surface area contributed by atoms with Crippen LogP contribution < -0.4 is 10.9 Å². The van der Waals surface area contributed by atoms with E-state index in [9.17, 15) is 14.7 Å². The third-order valence-electron chi connectivity index (χ3n) is 4.52. The van der Waals surface area contributed by atoms with Gasteiger partial charge in [-0.05, 0) is 43.9 Å². The molecule has 3 rings (SSSR count). The topological polar surface area (TPSA) is 119 Å². The zero-order valence-electron chi connectivity index (χ0n) is 13.7. The molecule has 0 bridgehead atoms. The van der Waals surface area contributed by atoms with Gasteiger partial charge in [-0.1, -0.05) is 6.07 Å². The number of aromatic nitrogens is 2. The Hall–Kier alpha value is -2.98. The summed E-state index contributed by atoms with van der Waals surface area (Å²) in [7, 11) is 0. The Balaban J connectivity index is 1.89. The number of amides is 1. The molecule has 2 aromatic heterocycles. The maximum absolute atomic E-state index is 12.7. The van der Waals surface area contributed by atoms with E-state index in [0.717, 1.165) is 5.69 Å². The van der Waals surface area contributed by atoms with Gasteiger partial charge in [0.05, 0.1) is 23.4 Å². The van der Waals surface area contributed by atoms with Crippen LogP contribution >= 0.6 is 0 Å². The number of rotatable bonds is 4. The summed E-state index contributed by atoms with van der Waals surface area (Å²) in [5.74, 6) is -0.297. The third-order valence-corrected chi connectivity index (χ3v) is 4.52. The summed E-state index contributed by atoms with van der Waals surface area (Å²) < 4.78 is 0. The van der Waals surface area contributed by atoms with Gasteiger partial charge >= 0.3 is 0 Å². The molecule has 0 saturated heterocycles. The molecule has 1 amide bonds. The molecule has 1 atom stereocenters. The molecule has 128 valence electrons. The fourth-order valence-electron chi connectivity index (χ4n) is 3.06. The molecular formula is C18H18N4O3. The van der Waals surface area contributed by atoms with Gasteiger partial charge in [0.1, 0.15) is 11.6 Å². The Morgan fingerprint density at radius 3 is 2.84 bits per heavy atom. The van der Waals surface area contributed by atoms with E-state index < -0.39 is 5.56 Å². The number of pyridine rings is 2. The second-order valence-electron chi connectivity index (χ2n) is 6.25. The van der Waals surface area contributed by atoms with Crippen molar-refractivity contribution < 1.29 is 9.90 Å². The Labute approximate surface area is 144 Å². The number of nitrogens with one attached hydrogen (secondary N) is 2. The van der Waals surface area contributed by atoms with Crippen molar-refractivity contribution in [1.29, 1.82) is 5.26 Å². The van der Waals surface area contributed by atoms with E-state index in [4.69, 9.17) is 5.26 Å². The molecule has 1 aliphatic carbocycles. The van der Waals surface area contributed by atoms with Crippen LogP contribution in [0, 0.1) is 24.2 Å². The maximum atomic E-state index is 12.7. The first-order valence-corrected chi connectivity index (χ1v) is 8.03. The standard InChI is InChI=1S/C18H18N4O3/c1-10-14(8-12(9-19)17(24)21-10)18(25)22-16(11-6-13(23)7-11)15-4-2-3-5-20-15/h2-5,8,11,13,16,23H,6-7H2,1H3,(H,21,24)(H,22,25)/t11?,13?,16-/m0/s1. The van der Waals surface area contributed by atoms with Crippen LogP contribution in [0.3, 0.4) is 0 Å². The molecule has 3 N–H and O–H groups in total. The first kappa shape index (κ1) is 16.9. The highest BCUT2D eigenvalue weighted by atomic mass is 16.3. The molecule has 2 aromatic rings. The predicted octanol–water partition coefficient (Wildman–Crippen LogP) is 1.19. The zero-order chi connectivity index (χ0) is 18.0. The minimum atomic E-state index is -0.514. The van der Waals surface area contributed by atoms with E-state index in [1.807, 2.05) is 12.1 Å². The lowest BCUT2D eigenvalue weighted by Gasteiger charge is -2.37. The summed E-state index contributed by atoms with van der Waals surface area (Å²) in [6, 6.07) is 8.21. The van der Waals surface area contributed by atoms with Crippen molar-refractivity contribution in [2.45, 2.75) is 31.9 Å². The van der Waals surface area contributed by atoms with Crippen molar-refractivity contribution in [3.8, 4) is 6.07 Å². The molecule has 7 heteroatoms. The first-order valence-electron chi connectivity index (χ1n) is 8.03. The number of nitrogens with zero attached hydrogens (tertiary/aromatic N) is 2. The highest BCUT2D eigenvalue weighted by Crippen LogP contribution is 2.37. The molecule has 0 spiro atoms. The summed E-state index contributed by atoms with van der Waals surface area (Å²) in [5, 5.41) is 21.5. The van der Waals surface area contributed by atoms with E-state index in [1.54, 1.807) is 25.3 Å². The fraction of sp³-hybridized carbons (Fsp3) is 0.333. The maximum Gasteiger partial charge on any atom is 0.266 e. The van der Waals surface area contributed by atoms with Crippen LogP contribution in [0.25, 0.3) is 0 Å². The van der Waals surface area contributed by atoms with Crippen LogP contribution in [-0.4, -0.2) is 27.1 Å². The number of hydrogen-bond donors (Lipinski definition) is 3. The van der Waals surface area contributed by atoms with Gasteiger partial charge in [-0.15, -0.1) is 0 Å². The first-order chi connectivity index (χ1) is 12.0. The second kappa shape index (κ2) is 6.87. The zero-order valence-corrected chi connectivity index (χ0v) is 13.7. The van der Waals surface area contributed by atoms with E-state index >= 15 is 0 Å².